The van der Waals surface area contributed by atoms with Crippen LogP contribution in [-0.4, -0.2) is 15.8 Å². The van der Waals surface area contributed by atoms with Gasteiger partial charge in [-0.2, -0.15) is 5.10 Å². The third kappa shape index (κ3) is 1.82. The Morgan fingerprint density at radius 3 is 2.78 bits per heavy atom. The molecule has 18 heavy (non-hydrogen) atoms. The molecule has 94 valence electrons. The molecule has 0 radical (unpaired) electrons. The molecular weight excluding hydrogens is 229 g/mol. The molecule has 1 heterocycles. The van der Waals surface area contributed by atoms with Crippen LogP contribution in [0.2, 0.25) is 0 Å². The molecule has 0 bridgehead atoms. The highest BCUT2D eigenvalue weighted by Crippen LogP contribution is 2.26. The normalized spacial score (nSPS) is 18.7. The molecular formula is C14H16FN3. The van der Waals surface area contributed by atoms with Gasteiger partial charge in [0, 0.05) is 11.7 Å². The number of nitrogens with two attached hydrogens (primary N) is 1. The minimum Gasteiger partial charge on any atom is -0.327 e. The van der Waals surface area contributed by atoms with Crippen molar-refractivity contribution in [2.75, 3.05) is 0 Å². The molecule has 0 saturated heterocycles. The fraction of sp³-hybridized carbons (Fsp3) is 0.357. The van der Waals surface area contributed by atoms with E-state index < -0.39 is 0 Å². The lowest BCUT2D eigenvalue weighted by Gasteiger charge is -2.19. The fourth-order valence-electron chi connectivity index (χ4n) is 2.61. The highest BCUT2D eigenvalue weighted by molar-refractivity contribution is 5.39. The standard InChI is InChI=1S/C14H16FN3/c1-9-13-8-11(16)4-7-14(13)18(17-9)12-5-2-10(15)3-6-12/h2-3,5-6,11H,4,7-8,16H2,1H3. The Hall–Kier alpha value is -1.68. The van der Waals surface area contributed by atoms with Gasteiger partial charge in [-0.25, -0.2) is 9.07 Å². The maximum Gasteiger partial charge on any atom is 0.123 e. The first kappa shape index (κ1) is 11.4. The van der Waals surface area contributed by atoms with Crippen molar-refractivity contribution < 1.29 is 4.39 Å². The highest BCUT2D eigenvalue weighted by Gasteiger charge is 2.23. The summed E-state index contributed by atoms with van der Waals surface area (Å²) in [4.78, 5) is 0. The number of aryl methyl sites for hydroxylation is 1. The summed E-state index contributed by atoms with van der Waals surface area (Å²) in [6.07, 6.45) is 2.82. The molecule has 1 aliphatic carbocycles. The summed E-state index contributed by atoms with van der Waals surface area (Å²) < 4.78 is 14.9. The molecule has 2 aromatic rings. The number of rotatable bonds is 1. The van der Waals surface area contributed by atoms with Gasteiger partial charge in [-0.1, -0.05) is 0 Å². The first-order valence-corrected chi connectivity index (χ1v) is 6.24. The van der Waals surface area contributed by atoms with Gasteiger partial charge >= 0.3 is 0 Å². The average Bonchev–Trinajstić information content (AvgIpc) is 2.68. The molecule has 1 aliphatic rings. The van der Waals surface area contributed by atoms with Crippen molar-refractivity contribution in [2.24, 2.45) is 5.73 Å². The molecule has 0 fully saturated rings. The Morgan fingerprint density at radius 2 is 2.06 bits per heavy atom. The van der Waals surface area contributed by atoms with Crippen LogP contribution in [0.5, 0.6) is 0 Å². The molecule has 0 aliphatic heterocycles. The molecule has 1 aromatic carbocycles. The van der Waals surface area contributed by atoms with Gasteiger partial charge in [0.2, 0.25) is 0 Å². The second-order valence-corrected chi connectivity index (χ2v) is 4.90. The maximum absolute atomic E-state index is 13.0. The van der Waals surface area contributed by atoms with Gasteiger partial charge in [0.25, 0.3) is 0 Å². The number of hydrogen-bond donors (Lipinski definition) is 1. The van der Waals surface area contributed by atoms with Crippen LogP contribution in [0, 0.1) is 12.7 Å². The molecule has 3 nitrogen and oxygen atoms in total. The number of nitrogens with zero attached hydrogens (tertiary/aromatic N) is 2. The Morgan fingerprint density at radius 1 is 1.33 bits per heavy atom. The first-order valence-electron chi connectivity index (χ1n) is 6.24. The molecule has 1 unspecified atom stereocenters. The van der Waals surface area contributed by atoms with Crippen molar-refractivity contribution in [3.05, 3.63) is 47.0 Å². The van der Waals surface area contributed by atoms with Crippen LogP contribution in [-0.2, 0) is 12.8 Å². The zero-order chi connectivity index (χ0) is 12.7. The second-order valence-electron chi connectivity index (χ2n) is 4.90. The van der Waals surface area contributed by atoms with Gasteiger partial charge in [-0.05, 0) is 56.0 Å². The summed E-state index contributed by atoms with van der Waals surface area (Å²) in [6, 6.07) is 6.69. The van der Waals surface area contributed by atoms with E-state index in [1.807, 2.05) is 11.6 Å². The lowest BCUT2D eigenvalue weighted by Crippen LogP contribution is -2.28. The molecule has 4 heteroatoms. The van der Waals surface area contributed by atoms with Crippen LogP contribution in [0.1, 0.15) is 23.4 Å². The third-order valence-corrected chi connectivity index (χ3v) is 3.58. The van der Waals surface area contributed by atoms with E-state index in [4.69, 9.17) is 5.73 Å². The Balaban J connectivity index is 2.08. The smallest absolute Gasteiger partial charge is 0.123 e. The van der Waals surface area contributed by atoms with E-state index in [9.17, 15) is 4.39 Å². The van der Waals surface area contributed by atoms with E-state index in [-0.39, 0.29) is 11.9 Å². The van der Waals surface area contributed by atoms with Crippen LogP contribution in [0.4, 0.5) is 4.39 Å². The van der Waals surface area contributed by atoms with E-state index >= 15 is 0 Å². The molecule has 0 amide bonds. The average molecular weight is 245 g/mol. The van der Waals surface area contributed by atoms with E-state index in [1.165, 1.54) is 23.4 Å². The Bertz CT molecular complexity index is 571. The van der Waals surface area contributed by atoms with Crippen molar-refractivity contribution in [1.29, 1.82) is 0 Å². The van der Waals surface area contributed by atoms with Crippen molar-refractivity contribution in [3.8, 4) is 5.69 Å². The van der Waals surface area contributed by atoms with E-state index in [1.54, 1.807) is 12.1 Å². The highest BCUT2D eigenvalue weighted by atomic mass is 19.1. The van der Waals surface area contributed by atoms with Gasteiger partial charge in [-0.15, -0.1) is 0 Å². The number of fused-ring (bicyclic) bond motifs is 1. The van der Waals surface area contributed by atoms with Gasteiger partial charge < -0.3 is 5.73 Å². The van der Waals surface area contributed by atoms with Crippen molar-refractivity contribution >= 4 is 0 Å². The lowest BCUT2D eigenvalue weighted by atomic mass is 9.92. The summed E-state index contributed by atoms with van der Waals surface area (Å²) in [7, 11) is 0. The summed E-state index contributed by atoms with van der Waals surface area (Å²) in [5, 5.41) is 4.57. The van der Waals surface area contributed by atoms with Gasteiger partial charge in [0.15, 0.2) is 0 Å². The second kappa shape index (κ2) is 4.21. The van der Waals surface area contributed by atoms with Crippen LogP contribution < -0.4 is 5.73 Å². The predicted molar refractivity (Wildman–Crippen MR) is 68.3 cm³/mol. The predicted octanol–water partition coefficient (Wildman–Crippen LogP) is 2.14. The zero-order valence-corrected chi connectivity index (χ0v) is 10.4. The van der Waals surface area contributed by atoms with E-state index in [0.717, 1.165) is 30.6 Å². The summed E-state index contributed by atoms with van der Waals surface area (Å²) in [6.45, 7) is 2.01. The topological polar surface area (TPSA) is 43.8 Å². The van der Waals surface area contributed by atoms with Crippen LogP contribution in [0.3, 0.4) is 0 Å². The summed E-state index contributed by atoms with van der Waals surface area (Å²) in [5.41, 5.74) is 10.4. The number of hydrogen-bond acceptors (Lipinski definition) is 2. The number of benzene rings is 1. The van der Waals surface area contributed by atoms with Gasteiger partial charge in [0.05, 0.1) is 11.4 Å². The molecule has 3 rings (SSSR count). The summed E-state index contributed by atoms with van der Waals surface area (Å²) >= 11 is 0. The molecule has 2 N–H and O–H groups in total. The summed E-state index contributed by atoms with van der Waals surface area (Å²) in [5.74, 6) is -0.224. The van der Waals surface area contributed by atoms with E-state index in [0.29, 0.717) is 0 Å². The number of aromatic nitrogens is 2. The quantitative estimate of drug-likeness (QED) is 0.836. The minimum atomic E-state index is -0.224. The Labute approximate surface area is 105 Å². The molecule has 1 aromatic heterocycles. The van der Waals surface area contributed by atoms with Gasteiger partial charge in [0.1, 0.15) is 5.82 Å². The zero-order valence-electron chi connectivity index (χ0n) is 10.4. The minimum absolute atomic E-state index is 0.224. The lowest BCUT2D eigenvalue weighted by molar-refractivity contribution is 0.561. The maximum atomic E-state index is 13.0. The monoisotopic (exact) mass is 245 g/mol. The van der Waals surface area contributed by atoms with Crippen molar-refractivity contribution in [2.45, 2.75) is 32.2 Å². The van der Waals surface area contributed by atoms with Crippen LogP contribution >= 0.6 is 0 Å². The van der Waals surface area contributed by atoms with Crippen LogP contribution in [0.15, 0.2) is 24.3 Å². The Kier molecular flexibility index (Phi) is 2.67. The fourth-order valence-corrected chi connectivity index (χ4v) is 2.61. The first-order chi connectivity index (χ1) is 8.65. The largest absolute Gasteiger partial charge is 0.327 e. The molecule has 1 atom stereocenters. The third-order valence-electron chi connectivity index (χ3n) is 3.58. The van der Waals surface area contributed by atoms with Crippen molar-refractivity contribution in [3.63, 3.8) is 0 Å². The molecule has 0 saturated carbocycles. The number of halogens is 1. The molecule has 0 spiro atoms. The van der Waals surface area contributed by atoms with E-state index in [2.05, 4.69) is 5.10 Å². The van der Waals surface area contributed by atoms with Gasteiger partial charge in [-0.3, -0.25) is 0 Å². The SMILES string of the molecule is Cc1nn(-c2ccc(F)cc2)c2c1CC(N)CC2. The van der Waals surface area contributed by atoms with Crippen molar-refractivity contribution in [1.82, 2.24) is 9.78 Å². The van der Waals surface area contributed by atoms with Crippen LogP contribution in [0.25, 0.3) is 5.69 Å².